The second-order valence-corrected chi connectivity index (χ2v) is 6.78. The summed E-state index contributed by atoms with van der Waals surface area (Å²) in [6.45, 7) is 0.362. The molecule has 1 saturated carbocycles. The SMILES string of the molecule is N#C/C(F)=C/C=C/CC[C@H]1CC[C@H](OCc2ccc(OC(F)(F)F)cc2)CC1. The third-order valence-corrected chi connectivity index (χ3v) is 4.66. The zero-order chi connectivity index (χ0) is 20.4. The number of hydrogen-bond donors (Lipinski definition) is 0. The van der Waals surface area contributed by atoms with Crippen LogP contribution in [0.2, 0.25) is 0 Å². The summed E-state index contributed by atoms with van der Waals surface area (Å²) in [6, 6.07) is 7.14. The van der Waals surface area contributed by atoms with Crippen LogP contribution in [0.4, 0.5) is 17.6 Å². The highest BCUT2D eigenvalue weighted by molar-refractivity contribution is 5.27. The number of alkyl halides is 3. The van der Waals surface area contributed by atoms with Gasteiger partial charge in [-0.05, 0) is 68.2 Å². The lowest BCUT2D eigenvalue weighted by Gasteiger charge is -2.28. The Morgan fingerprint density at radius 3 is 2.43 bits per heavy atom. The molecule has 0 N–H and O–H groups in total. The Bertz CT molecular complexity index is 697. The number of ether oxygens (including phenoxy) is 2. The normalized spacial score (nSPS) is 20.9. The zero-order valence-electron chi connectivity index (χ0n) is 15.4. The van der Waals surface area contributed by atoms with Crippen molar-refractivity contribution in [1.82, 2.24) is 0 Å². The Labute approximate surface area is 162 Å². The fourth-order valence-corrected chi connectivity index (χ4v) is 3.21. The number of hydrogen-bond acceptors (Lipinski definition) is 3. The second-order valence-electron chi connectivity index (χ2n) is 6.78. The first-order chi connectivity index (χ1) is 13.4. The van der Waals surface area contributed by atoms with E-state index in [-0.39, 0.29) is 11.9 Å². The van der Waals surface area contributed by atoms with Gasteiger partial charge in [-0.3, -0.25) is 0 Å². The van der Waals surface area contributed by atoms with E-state index >= 15 is 0 Å². The topological polar surface area (TPSA) is 42.2 Å². The maximum absolute atomic E-state index is 12.6. The van der Waals surface area contributed by atoms with Gasteiger partial charge in [0.25, 0.3) is 0 Å². The average Bonchev–Trinajstić information content (AvgIpc) is 2.66. The molecule has 0 heterocycles. The minimum Gasteiger partial charge on any atom is -0.406 e. The first-order valence-electron chi connectivity index (χ1n) is 9.24. The van der Waals surface area contributed by atoms with Crippen LogP contribution in [0.1, 0.15) is 44.1 Å². The lowest BCUT2D eigenvalue weighted by Crippen LogP contribution is -2.21. The number of halogens is 4. The van der Waals surface area contributed by atoms with Gasteiger partial charge >= 0.3 is 6.36 Å². The summed E-state index contributed by atoms with van der Waals surface area (Å²) in [5.41, 5.74) is 0.805. The molecule has 1 aromatic carbocycles. The van der Waals surface area contributed by atoms with Crippen molar-refractivity contribution in [3.8, 4) is 11.8 Å². The van der Waals surface area contributed by atoms with Crippen molar-refractivity contribution < 1.29 is 27.0 Å². The van der Waals surface area contributed by atoms with Gasteiger partial charge in [-0.1, -0.05) is 24.3 Å². The molecule has 1 aromatic rings. The van der Waals surface area contributed by atoms with Crippen LogP contribution in [-0.2, 0) is 11.3 Å². The van der Waals surface area contributed by atoms with E-state index in [2.05, 4.69) is 4.74 Å². The van der Waals surface area contributed by atoms with E-state index in [1.165, 1.54) is 18.2 Å². The van der Waals surface area contributed by atoms with Crippen molar-refractivity contribution in [3.63, 3.8) is 0 Å². The van der Waals surface area contributed by atoms with Gasteiger partial charge in [-0.2, -0.15) is 9.65 Å². The van der Waals surface area contributed by atoms with E-state index in [0.29, 0.717) is 12.5 Å². The number of rotatable bonds is 8. The van der Waals surface area contributed by atoms with Gasteiger partial charge in [0.1, 0.15) is 11.8 Å². The molecule has 152 valence electrons. The lowest BCUT2D eigenvalue weighted by atomic mass is 9.84. The molecule has 0 aromatic heterocycles. The molecule has 0 atom stereocenters. The molecule has 1 aliphatic carbocycles. The van der Waals surface area contributed by atoms with Gasteiger partial charge in [0.05, 0.1) is 12.7 Å². The molecule has 28 heavy (non-hydrogen) atoms. The van der Waals surface area contributed by atoms with Crippen molar-refractivity contribution >= 4 is 0 Å². The molecular formula is C21H23F4NO2. The summed E-state index contributed by atoms with van der Waals surface area (Å²) in [7, 11) is 0. The predicted octanol–water partition coefficient (Wildman–Crippen LogP) is 6.37. The summed E-state index contributed by atoms with van der Waals surface area (Å²) >= 11 is 0. The van der Waals surface area contributed by atoms with E-state index < -0.39 is 12.2 Å². The molecule has 0 aliphatic heterocycles. The summed E-state index contributed by atoms with van der Waals surface area (Å²) in [5, 5.41) is 8.30. The highest BCUT2D eigenvalue weighted by Crippen LogP contribution is 2.30. The lowest BCUT2D eigenvalue weighted by molar-refractivity contribution is -0.274. The Morgan fingerprint density at radius 2 is 1.82 bits per heavy atom. The van der Waals surface area contributed by atoms with Gasteiger partial charge in [0, 0.05) is 0 Å². The Kier molecular flexibility index (Phi) is 8.52. The molecule has 0 radical (unpaired) electrons. The van der Waals surface area contributed by atoms with E-state index in [1.54, 1.807) is 18.2 Å². The minimum atomic E-state index is -4.68. The fraction of sp³-hybridized carbons (Fsp3) is 0.476. The summed E-state index contributed by atoms with van der Waals surface area (Å²) in [4.78, 5) is 0. The van der Waals surface area contributed by atoms with E-state index in [1.807, 2.05) is 6.08 Å². The molecule has 0 unspecified atom stereocenters. The van der Waals surface area contributed by atoms with E-state index in [0.717, 1.165) is 50.2 Å². The molecule has 0 spiro atoms. The highest BCUT2D eigenvalue weighted by Gasteiger charge is 2.31. The summed E-state index contributed by atoms with van der Waals surface area (Å²) < 4.78 is 58.8. The zero-order valence-corrected chi connectivity index (χ0v) is 15.4. The molecular weight excluding hydrogens is 374 g/mol. The van der Waals surface area contributed by atoms with Gasteiger partial charge < -0.3 is 9.47 Å². The maximum atomic E-state index is 12.6. The van der Waals surface area contributed by atoms with Crippen LogP contribution in [0, 0.1) is 17.2 Å². The van der Waals surface area contributed by atoms with Crippen LogP contribution in [0.25, 0.3) is 0 Å². The number of benzene rings is 1. The largest absolute Gasteiger partial charge is 0.573 e. The van der Waals surface area contributed by atoms with Crippen molar-refractivity contribution in [2.45, 2.75) is 57.6 Å². The van der Waals surface area contributed by atoms with Gasteiger partial charge in [0.2, 0.25) is 0 Å². The second kappa shape index (κ2) is 10.9. The number of allylic oxidation sites excluding steroid dienone is 4. The highest BCUT2D eigenvalue weighted by atomic mass is 19.4. The monoisotopic (exact) mass is 397 g/mol. The van der Waals surface area contributed by atoms with Crippen molar-refractivity contribution in [2.24, 2.45) is 5.92 Å². The minimum absolute atomic E-state index is 0.158. The molecule has 0 saturated heterocycles. The smallest absolute Gasteiger partial charge is 0.406 e. The molecule has 1 aliphatic rings. The van der Waals surface area contributed by atoms with Gasteiger partial charge in [-0.25, -0.2) is 0 Å². The van der Waals surface area contributed by atoms with E-state index in [9.17, 15) is 17.6 Å². The molecule has 0 amide bonds. The van der Waals surface area contributed by atoms with Crippen LogP contribution in [0.5, 0.6) is 5.75 Å². The first kappa shape index (κ1) is 22.0. The Balaban J connectivity index is 1.64. The van der Waals surface area contributed by atoms with Crippen LogP contribution in [-0.4, -0.2) is 12.5 Å². The van der Waals surface area contributed by atoms with Crippen LogP contribution in [0.15, 0.2) is 48.3 Å². The van der Waals surface area contributed by atoms with Gasteiger partial charge in [-0.15, -0.1) is 13.2 Å². The molecule has 3 nitrogen and oxygen atoms in total. The van der Waals surface area contributed by atoms with Crippen molar-refractivity contribution in [2.75, 3.05) is 0 Å². The third kappa shape index (κ3) is 8.57. The Morgan fingerprint density at radius 1 is 1.14 bits per heavy atom. The third-order valence-electron chi connectivity index (χ3n) is 4.66. The van der Waals surface area contributed by atoms with Crippen molar-refractivity contribution in [1.29, 1.82) is 5.26 Å². The quantitative estimate of drug-likeness (QED) is 0.291. The summed E-state index contributed by atoms with van der Waals surface area (Å²) in [6.07, 6.45) is 5.94. The number of nitrogens with zero attached hydrogens (tertiary/aromatic N) is 1. The first-order valence-corrected chi connectivity index (χ1v) is 9.24. The molecule has 2 rings (SSSR count). The molecule has 0 bridgehead atoms. The molecule has 1 fully saturated rings. The number of nitriles is 1. The predicted molar refractivity (Wildman–Crippen MR) is 96.8 cm³/mol. The molecule has 7 heteroatoms. The standard InChI is InChI=1S/C21H23F4NO2/c22-18(14-26)5-3-1-2-4-16-6-10-19(11-7-16)27-15-17-8-12-20(13-9-17)28-21(23,24)25/h1,3,5,8-9,12-13,16,19H,2,4,6-7,10-11,15H2/b3-1+,18-5-/t16-,19-. The van der Waals surface area contributed by atoms with E-state index in [4.69, 9.17) is 10.00 Å². The maximum Gasteiger partial charge on any atom is 0.573 e. The van der Waals surface area contributed by atoms with Crippen molar-refractivity contribution in [3.05, 3.63) is 53.9 Å². The van der Waals surface area contributed by atoms with Crippen LogP contribution < -0.4 is 4.74 Å². The van der Waals surface area contributed by atoms with Crippen LogP contribution in [0.3, 0.4) is 0 Å². The Hall–Kier alpha value is -2.33. The average molecular weight is 397 g/mol. The van der Waals surface area contributed by atoms with Crippen LogP contribution >= 0.6 is 0 Å². The fourth-order valence-electron chi connectivity index (χ4n) is 3.21. The van der Waals surface area contributed by atoms with Gasteiger partial charge in [0.15, 0.2) is 5.83 Å². The summed E-state index contributed by atoms with van der Waals surface area (Å²) in [5.74, 6) is -0.429.